The predicted octanol–water partition coefficient (Wildman–Crippen LogP) is 1.47. The van der Waals surface area contributed by atoms with Crippen LogP contribution in [0.3, 0.4) is 0 Å². The minimum atomic E-state index is 0.619. The molecule has 0 aliphatic rings. The van der Waals surface area contributed by atoms with E-state index in [1.54, 1.807) is 30.6 Å². The molecule has 0 amide bonds. The van der Waals surface area contributed by atoms with Gasteiger partial charge in [0.2, 0.25) is 5.95 Å². The summed E-state index contributed by atoms with van der Waals surface area (Å²) in [4.78, 5) is 12.9. The predicted molar refractivity (Wildman–Crippen MR) is 70.2 cm³/mol. The molecule has 0 aliphatic carbocycles. The molecule has 0 saturated heterocycles. The van der Waals surface area contributed by atoms with E-state index in [9.17, 15) is 0 Å². The van der Waals surface area contributed by atoms with Crippen molar-refractivity contribution < 1.29 is 0 Å². The average molecular weight is 259 g/mol. The van der Waals surface area contributed by atoms with Crippen molar-refractivity contribution in [3.05, 3.63) is 0 Å². The lowest BCUT2D eigenvalue weighted by Gasteiger charge is -2.05. The highest BCUT2D eigenvalue weighted by Crippen LogP contribution is 2.19. The van der Waals surface area contributed by atoms with Crippen LogP contribution in [0.15, 0.2) is 10.3 Å². The highest BCUT2D eigenvalue weighted by atomic mass is 32.2. The van der Waals surface area contributed by atoms with E-state index >= 15 is 0 Å². The van der Waals surface area contributed by atoms with E-state index in [1.165, 1.54) is 0 Å². The summed E-state index contributed by atoms with van der Waals surface area (Å²) in [6.07, 6.45) is 1.11. The van der Waals surface area contributed by atoms with E-state index < -0.39 is 0 Å². The second kappa shape index (κ2) is 7.70. The number of hydrogen-bond acceptors (Lipinski definition) is 7. The maximum Gasteiger partial charge on any atom is 0.227 e. The molecule has 0 radical (unpaired) electrons. The summed E-state index contributed by atoms with van der Waals surface area (Å²) in [5.41, 5.74) is 5.45. The molecule has 5 nitrogen and oxygen atoms in total. The van der Waals surface area contributed by atoms with Crippen molar-refractivity contribution in [3.63, 3.8) is 0 Å². The fraction of sp³-hybridized carbons (Fsp3) is 0.667. The fourth-order valence-corrected chi connectivity index (χ4v) is 2.27. The Morgan fingerprint density at radius 1 is 1.12 bits per heavy atom. The number of nitrogens with zero attached hydrogens (tertiary/aromatic N) is 3. The van der Waals surface area contributed by atoms with Crippen LogP contribution in [0.4, 0.5) is 5.95 Å². The number of anilines is 1. The van der Waals surface area contributed by atoms with Crippen LogP contribution in [-0.4, -0.2) is 40.1 Å². The molecule has 0 bridgehead atoms. The van der Waals surface area contributed by atoms with Crippen LogP contribution in [0.25, 0.3) is 0 Å². The number of rotatable bonds is 7. The average Bonchev–Trinajstić information content (AvgIpc) is 2.33. The Morgan fingerprint density at radius 3 is 2.25 bits per heavy atom. The second-order valence-corrected chi connectivity index (χ2v) is 5.08. The monoisotopic (exact) mass is 259 g/mol. The molecule has 3 N–H and O–H groups in total. The van der Waals surface area contributed by atoms with Gasteiger partial charge in [0.15, 0.2) is 10.3 Å². The Bertz CT molecular complexity index is 295. The maximum absolute atomic E-state index is 5.45. The zero-order valence-electron chi connectivity index (χ0n) is 9.56. The summed E-state index contributed by atoms with van der Waals surface area (Å²) in [6, 6.07) is 0. The summed E-state index contributed by atoms with van der Waals surface area (Å²) in [5, 5.41) is 4.46. The van der Waals surface area contributed by atoms with Crippen molar-refractivity contribution in [2.45, 2.75) is 23.7 Å². The van der Waals surface area contributed by atoms with Gasteiger partial charge in [-0.25, -0.2) is 0 Å². The number of nitrogens with one attached hydrogen (secondary N) is 1. The molecule has 0 atom stereocenters. The number of aromatic nitrogens is 3. The first-order chi connectivity index (χ1) is 7.80. The molecule has 1 aromatic rings. The first-order valence-corrected chi connectivity index (χ1v) is 7.16. The van der Waals surface area contributed by atoms with Crippen molar-refractivity contribution in [1.29, 1.82) is 0 Å². The van der Waals surface area contributed by atoms with E-state index in [2.05, 4.69) is 27.2 Å². The normalized spacial score (nSPS) is 10.4. The third-order valence-corrected chi connectivity index (χ3v) is 3.54. The van der Waals surface area contributed by atoms with E-state index in [0.717, 1.165) is 28.2 Å². The number of nitrogens with two attached hydrogens (primary N) is 1. The molecular formula is C9H17N5S2. The van der Waals surface area contributed by atoms with Gasteiger partial charge in [-0.2, -0.15) is 15.0 Å². The van der Waals surface area contributed by atoms with E-state index in [1.807, 2.05) is 0 Å². The van der Waals surface area contributed by atoms with Crippen molar-refractivity contribution in [2.24, 2.45) is 5.73 Å². The Kier molecular flexibility index (Phi) is 6.51. The summed E-state index contributed by atoms with van der Waals surface area (Å²) >= 11 is 3.21. The van der Waals surface area contributed by atoms with Crippen molar-refractivity contribution in [2.75, 3.05) is 30.4 Å². The van der Waals surface area contributed by atoms with E-state index in [-0.39, 0.29) is 0 Å². The van der Waals surface area contributed by atoms with Crippen LogP contribution in [0.5, 0.6) is 0 Å². The lowest BCUT2D eigenvalue weighted by atomic mass is 10.6. The molecule has 0 spiro atoms. The van der Waals surface area contributed by atoms with Crippen LogP contribution in [0, 0.1) is 0 Å². The topological polar surface area (TPSA) is 76.7 Å². The van der Waals surface area contributed by atoms with Gasteiger partial charge in [-0.1, -0.05) is 30.4 Å². The molecule has 0 unspecified atom stereocenters. The molecule has 1 aromatic heterocycles. The highest BCUT2D eigenvalue weighted by Gasteiger charge is 2.05. The Labute approximate surface area is 104 Å². The van der Waals surface area contributed by atoms with Gasteiger partial charge in [0.1, 0.15) is 0 Å². The molecule has 0 saturated carbocycles. The summed E-state index contributed by atoms with van der Waals surface area (Å²) < 4.78 is 0. The van der Waals surface area contributed by atoms with Crippen LogP contribution in [0.1, 0.15) is 13.3 Å². The van der Waals surface area contributed by atoms with Crippen LogP contribution < -0.4 is 11.1 Å². The Morgan fingerprint density at radius 2 is 1.75 bits per heavy atom. The van der Waals surface area contributed by atoms with Gasteiger partial charge >= 0.3 is 0 Å². The van der Waals surface area contributed by atoms with Gasteiger partial charge in [-0.05, 0) is 6.42 Å². The molecule has 7 heteroatoms. The van der Waals surface area contributed by atoms with Crippen molar-refractivity contribution in [1.82, 2.24) is 15.0 Å². The summed E-state index contributed by atoms with van der Waals surface area (Å²) in [6.45, 7) is 2.76. The fourth-order valence-electron chi connectivity index (χ4n) is 0.922. The Balaban J connectivity index is 2.74. The van der Waals surface area contributed by atoms with Crippen molar-refractivity contribution >= 4 is 29.5 Å². The lowest BCUT2D eigenvalue weighted by molar-refractivity contribution is 0.806. The third kappa shape index (κ3) is 4.54. The lowest BCUT2D eigenvalue weighted by Crippen LogP contribution is -2.05. The van der Waals surface area contributed by atoms with Gasteiger partial charge < -0.3 is 11.1 Å². The smallest absolute Gasteiger partial charge is 0.227 e. The first kappa shape index (κ1) is 13.5. The molecule has 90 valence electrons. The van der Waals surface area contributed by atoms with Gasteiger partial charge in [-0.15, -0.1) is 0 Å². The van der Waals surface area contributed by atoms with Crippen LogP contribution >= 0.6 is 23.5 Å². The van der Waals surface area contributed by atoms with Crippen LogP contribution in [-0.2, 0) is 0 Å². The Hall–Kier alpha value is -0.530. The van der Waals surface area contributed by atoms with Gasteiger partial charge in [0, 0.05) is 25.1 Å². The van der Waals surface area contributed by atoms with Gasteiger partial charge in [-0.3, -0.25) is 0 Å². The van der Waals surface area contributed by atoms with E-state index in [0.29, 0.717) is 12.5 Å². The molecule has 1 rings (SSSR count). The molecule has 0 aliphatic heterocycles. The second-order valence-electron chi connectivity index (χ2n) is 2.96. The van der Waals surface area contributed by atoms with E-state index in [4.69, 9.17) is 5.73 Å². The standard InChI is InChI=1S/C9H17N5S2/c1-3-5-15-8-12-7(11-2)13-9(14-8)16-6-4-10/h3-6,10H2,1-2H3,(H,11,12,13,14). The highest BCUT2D eigenvalue weighted by molar-refractivity contribution is 7.99. The molecule has 0 fully saturated rings. The third-order valence-electron chi connectivity index (χ3n) is 1.60. The SMILES string of the molecule is CCCSc1nc(NC)nc(SCCN)n1. The summed E-state index contributed by atoms with van der Waals surface area (Å²) in [7, 11) is 1.81. The molecular weight excluding hydrogens is 242 g/mol. The molecule has 1 heterocycles. The van der Waals surface area contributed by atoms with Crippen molar-refractivity contribution in [3.8, 4) is 0 Å². The van der Waals surface area contributed by atoms with Gasteiger partial charge in [0.25, 0.3) is 0 Å². The number of thioether (sulfide) groups is 2. The molecule has 0 aromatic carbocycles. The first-order valence-electron chi connectivity index (χ1n) is 5.19. The van der Waals surface area contributed by atoms with Gasteiger partial charge in [0.05, 0.1) is 0 Å². The minimum Gasteiger partial charge on any atom is -0.357 e. The zero-order chi connectivity index (χ0) is 11.8. The zero-order valence-corrected chi connectivity index (χ0v) is 11.2. The summed E-state index contributed by atoms with van der Waals surface area (Å²) in [5.74, 6) is 2.47. The largest absolute Gasteiger partial charge is 0.357 e. The number of hydrogen-bond donors (Lipinski definition) is 2. The minimum absolute atomic E-state index is 0.619. The molecule has 16 heavy (non-hydrogen) atoms. The van der Waals surface area contributed by atoms with Crippen LogP contribution in [0.2, 0.25) is 0 Å². The quantitative estimate of drug-likeness (QED) is 0.718. The maximum atomic E-state index is 5.45.